The number of hydrogen-bond donors (Lipinski definition) is 1. The molecular weight excluding hydrogens is 238 g/mol. The van der Waals surface area contributed by atoms with Gasteiger partial charge in [0.25, 0.3) is 0 Å². The van der Waals surface area contributed by atoms with Gasteiger partial charge in [0.15, 0.2) is 0 Å². The van der Waals surface area contributed by atoms with Crippen LogP contribution in [0.25, 0.3) is 0 Å². The topological polar surface area (TPSA) is 60.9 Å². The Kier molecular flexibility index (Phi) is 3.15. The molecule has 0 bridgehead atoms. The molecule has 0 saturated heterocycles. The number of aromatic nitrogens is 2. The van der Waals surface area contributed by atoms with E-state index in [2.05, 4.69) is 5.10 Å². The second-order valence-corrected chi connectivity index (χ2v) is 4.00. The van der Waals surface area contributed by atoms with E-state index in [-0.39, 0.29) is 5.78 Å². The minimum atomic E-state index is -0.105. The maximum atomic E-state index is 12.2. The predicted octanol–water partition coefficient (Wildman–Crippen LogP) is 2.37. The van der Waals surface area contributed by atoms with Crippen molar-refractivity contribution < 1.29 is 4.79 Å². The van der Waals surface area contributed by atoms with Crippen molar-refractivity contribution in [3.8, 4) is 0 Å². The van der Waals surface area contributed by atoms with Crippen molar-refractivity contribution in [3.63, 3.8) is 0 Å². The molecular formula is C12H12ClN3O. The summed E-state index contributed by atoms with van der Waals surface area (Å²) in [4.78, 5) is 12.2. The van der Waals surface area contributed by atoms with E-state index >= 15 is 0 Å². The first-order chi connectivity index (χ1) is 8.13. The number of carbonyl (C=O) groups excluding carboxylic acids is 1. The van der Waals surface area contributed by atoms with E-state index in [9.17, 15) is 4.79 Å². The second kappa shape index (κ2) is 4.59. The van der Waals surface area contributed by atoms with Crippen molar-refractivity contribution in [1.29, 1.82) is 0 Å². The SMILES string of the molecule is CCn1nccc1C(=O)c1ccc(N)c(Cl)c1. The van der Waals surface area contributed by atoms with Crippen LogP contribution in [0.5, 0.6) is 0 Å². The third-order valence-electron chi connectivity index (χ3n) is 2.51. The third kappa shape index (κ3) is 2.17. The number of nitrogens with zero attached hydrogens (tertiary/aromatic N) is 2. The van der Waals surface area contributed by atoms with Crippen LogP contribution in [0.4, 0.5) is 5.69 Å². The molecule has 2 rings (SSSR count). The van der Waals surface area contributed by atoms with E-state index in [0.717, 1.165) is 0 Å². The molecule has 0 aliphatic heterocycles. The van der Waals surface area contributed by atoms with Gasteiger partial charge in [0, 0.05) is 18.3 Å². The highest BCUT2D eigenvalue weighted by atomic mass is 35.5. The number of hydrogen-bond acceptors (Lipinski definition) is 3. The summed E-state index contributed by atoms with van der Waals surface area (Å²) in [6.45, 7) is 2.58. The van der Waals surface area contributed by atoms with Gasteiger partial charge < -0.3 is 5.73 Å². The van der Waals surface area contributed by atoms with Crippen LogP contribution in [-0.2, 0) is 6.54 Å². The molecule has 0 spiro atoms. The molecule has 0 aliphatic rings. The molecule has 0 unspecified atom stereocenters. The smallest absolute Gasteiger partial charge is 0.211 e. The average molecular weight is 250 g/mol. The normalized spacial score (nSPS) is 10.5. The minimum Gasteiger partial charge on any atom is -0.398 e. The van der Waals surface area contributed by atoms with Crippen LogP contribution in [-0.4, -0.2) is 15.6 Å². The standard InChI is InChI=1S/C12H12ClN3O/c1-2-16-11(5-6-15-16)12(17)8-3-4-10(14)9(13)7-8/h3-7H,2,14H2,1H3. The number of halogens is 1. The van der Waals surface area contributed by atoms with Crippen molar-refractivity contribution >= 4 is 23.1 Å². The second-order valence-electron chi connectivity index (χ2n) is 3.60. The van der Waals surface area contributed by atoms with E-state index < -0.39 is 0 Å². The zero-order chi connectivity index (χ0) is 12.4. The minimum absolute atomic E-state index is 0.105. The first-order valence-electron chi connectivity index (χ1n) is 5.25. The summed E-state index contributed by atoms with van der Waals surface area (Å²) in [6, 6.07) is 6.56. The molecule has 17 heavy (non-hydrogen) atoms. The van der Waals surface area contributed by atoms with Crippen LogP contribution in [0.1, 0.15) is 23.0 Å². The van der Waals surface area contributed by atoms with E-state index in [1.54, 1.807) is 35.1 Å². The summed E-state index contributed by atoms with van der Waals surface area (Å²) >= 11 is 5.89. The van der Waals surface area contributed by atoms with Crippen LogP contribution in [0.2, 0.25) is 5.02 Å². The first-order valence-corrected chi connectivity index (χ1v) is 5.62. The van der Waals surface area contributed by atoms with E-state index in [1.165, 1.54) is 0 Å². The van der Waals surface area contributed by atoms with Crippen LogP contribution >= 0.6 is 11.6 Å². The maximum Gasteiger partial charge on any atom is 0.211 e. The zero-order valence-electron chi connectivity index (χ0n) is 9.35. The molecule has 0 radical (unpaired) electrons. The fourth-order valence-electron chi connectivity index (χ4n) is 1.59. The Morgan fingerprint density at radius 2 is 2.24 bits per heavy atom. The molecule has 5 heteroatoms. The molecule has 0 fully saturated rings. The number of aryl methyl sites for hydroxylation is 1. The van der Waals surface area contributed by atoms with E-state index in [0.29, 0.717) is 28.5 Å². The molecule has 0 amide bonds. The molecule has 2 aromatic rings. The Balaban J connectivity index is 2.40. The number of rotatable bonds is 3. The third-order valence-corrected chi connectivity index (χ3v) is 2.84. The molecule has 4 nitrogen and oxygen atoms in total. The number of nitrogens with two attached hydrogens (primary N) is 1. The van der Waals surface area contributed by atoms with E-state index in [4.69, 9.17) is 17.3 Å². The Morgan fingerprint density at radius 3 is 2.88 bits per heavy atom. The van der Waals surface area contributed by atoms with E-state index in [1.807, 2.05) is 6.92 Å². The molecule has 88 valence electrons. The van der Waals surface area contributed by atoms with Crippen LogP contribution < -0.4 is 5.73 Å². The largest absolute Gasteiger partial charge is 0.398 e. The number of benzene rings is 1. The number of nitrogen functional groups attached to an aromatic ring is 1. The van der Waals surface area contributed by atoms with Gasteiger partial charge in [-0.3, -0.25) is 9.48 Å². The fraction of sp³-hybridized carbons (Fsp3) is 0.167. The predicted molar refractivity (Wildman–Crippen MR) is 67.2 cm³/mol. The Bertz CT molecular complexity index is 563. The average Bonchev–Trinajstić information content (AvgIpc) is 2.80. The summed E-state index contributed by atoms with van der Waals surface area (Å²) in [5, 5.41) is 4.45. The summed E-state index contributed by atoms with van der Waals surface area (Å²) in [7, 11) is 0. The van der Waals surface area contributed by atoms with Gasteiger partial charge in [0.2, 0.25) is 5.78 Å². The summed E-state index contributed by atoms with van der Waals surface area (Å²) < 4.78 is 1.65. The van der Waals surface area contributed by atoms with Gasteiger partial charge in [-0.1, -0.05) is 11.6 Å². The highest BCUT2D eigenvalue weighted by Crippen LogP contribution is 2.21. The van der Waals surface area contributed by atoms with Gasteiger partial charge in [0.1, 0.15) is 5.69 Å². The lowest BCUT2D eigenvalue weighted by atomic mass is 10.1. The number of carbonyl (C=O) groups is 1. The Labute approximate surface area is 104 Å². The van der Waals surface area contributed by atoms with Crippen LogP contribution in [0, 0.1) is 0 Å². The first kappa shape index (κ1) is 11.7. The van der Waals surface area contributed by atoms with Crippen molar-refractivity contribution in [1.82, 2.24) is 9.78 Å². The fourth-order valence-corrected chi connectivity index (χ4v) is 1.77. The van der Waals surface area contributed by atoms with Gasteiger partial charge >= 0.3 is 0 Å². The molecule has 0 atom stereocenters. The number of anilines is 1. The van der Waals surface area contributed by atoms with Crippen LogP contribution in [0.15, 0.2) is 30.5 Å². The molecule has 0 aliphatic carbocycles. The summed E-state index contributed by atoms with van der Waals surface area (Å²) in [6.07, 6.45) is 1.61. The lowest BCUT2D eigenvalue weighted by Gasteiger charge is -2.05. The monoisotopic (exact) mass is 249 g/mol. The molecule has 0 saturated carbocycles. The van der Waals surface area contributed by atoms with Gasteiger partial charge in [-0.05, 0) is 31.2 Å². The Morgan fingerprint density at radius 1 is 1.47 bits per heavy atom. The van der Waals surface area contributed by atoms with Crippen molar-refractivity contribution in [2.45, 2.75) is 13.5 Å². The molecule has 1 aromatic heterocycles. The van der Waals surface area contributed by atoms with Crippen LogP contribution in [0.3, 0.4) is 0 Å². The lowest BCUT2D eigenvalue weighted by Crippen LogP contribution is -2.10. The van der Waals surface area contributed by atoms with Crippen molar-refractivity contribution in [2.75, 3.05) is 5.73 Å². The molecule has 1 heterocycles. The highest BCUT2D eigenvalue weighted by molar-refractivity contribution is 6.33. The van der Waals surface area contributed by atoms with Crippen molar-refractivity contribution in [3.05, 3.63) is 46.7 Å². The van der Waals surface area contributed by atoms with Gasteiger partial charge in [-0.15, -0.1) is 0 Å². The highest BCUT2D eigenvalue weighted by Gasteiger charge is 2.14. The molecule has 1 aromatic carbocycles. The molecule has 2 N–H and O–H groups in total. The van der Waals surface area contributed by atoms with Gasteiger partial charge in [-0.25, -0.2) is 0 Å². The van der Waals surface area contributed by atoms with Crippen molar-refractivity contribution in [2.24, 2.45) is 0 Å². The quantitative estimate of drug-likeness (QED) is 0.671. The Hall–Kier alpha value is -1.81. The maximum absolute atomic E-state index is 12.2. The number of ketones is 1. The lowest BCUT2D eigenvalue weighted by molar-refractivity contribution is 0.102. The summed E-state index contributed by atoms with van der Waals surface area (Å²) in [5.41, 5.74) is 7.13. The summed E-state index contributed by atoms with van der Waals surface area (Å²) in [5.74, 6) is -0.105. The zero-order valence-corrected chi connectivity index (χ0v) is 10.1. The van der Waals surface area contributed by atoms with Gasteiger partial charge in [-0.2, -0.15) is 5.10 Å². The van der Waals surface area contributed by atoms with Gasteiger partial charge in [0.05, 0.1) is 10.7 Å².